The number of hydrogen-bond acceptors (Lipinski definition) is 2. The Morgan fingerprint density at radius 3 is 2.43 bits per heavy atom. The highest BCUT2D eigenvalue weighted by molar-refractivity contribution is 5.86. The zero-order chi connectivity index (χ0) is 21.7. The number of benzene rings is 2. The number of likely N-dealkylation sites (tertiary alicyclic amines) is 1. The lowest BCUT2D eigenvalue weighted by Crippen LogP contribution is -2.47. The number of hydrogen-bond donors (Lipinski definition) is 1. The van der Waals surface area contributed by atoms with Crippen molar-refractivity contribution in [2.24, 2.45) is 5.41 Å². The molecular weight excluding hydrogens is 379 g/mol. The summed E-state index contributed by atoms with van der Waals surface area (Å²) in [6, 6.07) is 14.4. The molecule has 1 aliphatic rings. The summed E-state index contributed by atoms with van der Waals surface area (Å²) in [6.07, 6.45) is 2.35. The fourth-order valence-corrected chi connectivity index (χ4v) is 4.26. The topological polar surface area (TPSA) is 49.4 Å². The van der Waals surface area contributed by atoms with Crippen molar-refractivity contribution in [3.8, 4) is 11.1 Å². The van der Waals surface area contributed by atoms with Crippen LogP contribution in [0.4, 0.5) is 4.39 Å². The Bertz CT molecular complexity index is 912. The van der Waals surface area contributed by atoms with E-state index in [4.69, 9.17) is 0 Å². The monoisotopic (exact) mass is 410 g/mol. The molecule has 1 saturated heterocycles. The Morgan fingerprint density at radius 1 is 1.10 bits per heavy atom. The largest absolute Gasteiger partial charge is 0.353 e. The van der Waals surface area contributed by atoms with Gasteiger partial charge in [-0.3, -0.25) is 9.59 Å². The van der Waals surface area contributed by atoms with Crippen LogP contribution >= 0.6 is 0 Å². The molecule has 2 amide bonds. The van der Waals surface area contributed by atoms with E-state index in [-0.39, 0.29) is 23.7 Å². The minimum Gasteiger partial charge on any atom is -0.353 e. The molecule has 1 atom stereocenters. The van der Waals surface area contributed by atoms with Crippen LogP contribution in [0.15, 0.2) is 48.5 Å². The van der Waals surface area contributed by atoms with Crippen molar-refractivity contribution in [2.45, 2.75) is 52.5 Å². The molecule has 0 saturated carbocycles. The molecule has 160 valence electrons. The summed E-state index contributed by atoms with van der Waals surface area (Å²) in [7, 11) is 0. The molecule has 0 aromatic heterocycles. The first-order valence-corrected chi connectivity index (χ1v) is 10.8. The fourth-order valence-electron chi connectivity index (χ4n) is 4.26. The highest BCUT2D eigenvalue weighted by Gasteiger charge is 2.46. The van der Waals surface area contributed by atoms with Gasteiger partial charge in [0.1, 0.15) is 5.82 Å². The molecule has 0 aliphatic carbocycles. The van der Waals surface area contributed by atoms with Crippen molar-refractivity contribution in [1.29, 1.82) is 0 Å². The summed E-state index contributed by atoms with van der Waals surface area (Å²) in [5.41, 5.74) is 1.54. The Labute approximate surface area is 178 Å². The van der Waals surface area contributed by atoms with E-state index in [9.17, 15) is 14.0 Å². The third kappa shape index (κ3) is 4.72. The summed E-state index contributed by atoms with van der Waals surface area (Å²) < 4.78 is 14.5. The smallest absolute Gasteiger partial charge is 0.228 e. The first-order chi connectivity index (χ1) is 14.4. The van der Waals surface area contributed by atoms with Gasteiger partial charge in [0.2, 0.25) is 11.8 Å². The summed E-state index contributed by atoms with van der Waals surface area (Å²) >= 11 is 0. The second-order valence-electron chi connectivity index (χ2n) is 8.54. The second-order valence-corrected chi connectivity index (χ2v) is 8.54. The Hall–Kier alpha value is -2.69. The van der Waals surface area contributed by atoms with Crippen LogP contribution in [-0.2, 0) is 16.0 Å². The summed E-state index contributed by atoms with van der Waals surface area (Å²) in [5, 5.41) is 3.06. The van der Waals surface area contributed by atoms with Crippen molar-refractivity contribution in [3.63, 3.8) is 0 Å². The minimum absolute atomic E-state index is 0.0107. The third-order valence-corrected chi connectivity index (χ3v) is 5.78. The van der Waals surface area contributed by atoms with Crippen LogP contribution in [0.5, 0.6) is 0 Å². The van der Waals surface area contributed by atoms with E-state index in [0.29, 0.717) is 37.9 Å². The van der Waals surface area contributed by atoms with Gasteiger partial charge in [0, 0.05) is 31.1 Å². The van der Waals surface area contributed by atoms with E-state index >= 15 is 0 Å². The second kappa shape index (κ2) is 9.41. The van der Waals surface area contributed by atoms with Crippen LogP contribution in [0.25, 0.3) is 11.1 Å². The Kier molecular flexibility index (Phi) is 6.91. The van der Waals surface area contributed by atoms with E-state index in [1.165, 1.54) is 6.07 Å². The zero-order valence-corrected chi connectivity index (χ0v) is 18.1. The van der Waals surface area contributed by atoms with E-state index in [0.717, 1.165) is 17.5 Å². The van der Waals surface area contributed by atoms with E-state index in [1.54, 1.807) is 12.1 Å². The zero-order valence-electron chi connectivity index (χ0n) is 18.1. The molecule has 0 spiro atoms. The maximum atomic E-state index is 14.5. The van der Waals surface area contributed by atoms with E-state index in [2.05, 4.69) is 5.32 Å². The van der Waals surface area contributed by atoms with Crippen LogP contribution < -0.4 is 5.32 Å². The van der Waals surface area contributed by atoms with Crippen molar-refractivity contribution >= 4 is 11.8 Å². The quantitative estimate of drug-likeness (QED) is 0.726. The molecular formula is C25H31FN2O2. The van der Waals surface area contributed by atoms with Gasteiger partial charge in [0.05, 0.1) is 5.41 Å². The number of carbonyl (C=O) groups is 2. The van der Waals surface area contributed by atoms with Crippen molar-refractivity contribution < 1.29 is 14.0 Å². The lowest BCUT2D eigenvalue weighted by Gasteiger charge is -2.30. The lowest BCUT2D eigenvalue weighted by atomic mass is 9.78. The Balaban J connectivity index is 1.97. The maximum Gasteiger partial charge on any atom is 0.228 e. The van der Waals surface area contributed by atoms with Gasteiger partial charge in [0.15, 0.2) is 0 Å². The minimum atomic E-state index is -0.713. The molecule has 3 rings (SSSR count). The number of nitrogens with zero attached hydrogens (tertiary/aromatic N) is 1. The third-order valence-electron chi connectivity index (χ3n) is 5.78. The van der Waals surface area contributed by atoms with E-state index in [1.807, 2.05) is 56.0 Å². The van der Waals surface area contributed by atoms with Gasteiger partial charge >= 0.3 is 0 Å². The predicted molar refractivity (Wildman–Crippen MR) is 117 cm³/mol. The molecule has 0 radical (unpaired) electrons. The lowest BCUT2D eigenvalue weighted by molar-refractivity contribution is -0.133. The average Bonchev–Trinajstić information content (AvgIpc) is 3.14. The molecule has 5 heteroatoms. The normalized spacial score (nSPS) is 18.6. The standard InChI is InChI=1S/C25H31FN2O2/c1-4-9-23(29)28-15-14-25(17-28,24(30)27-18(2)3)16-19-10-5-6-11-20(19)21-12-7-8-13-22(21)26/h5-8,10-13,18H,4,9,14-17H2,1-3H3,(H,27,30)/t25-/m0/s1. The molecule has 1 aliphatic heterocycles. The van der Waals surface area contributed by atoms with E-state index < -0.39 is 5.41 Å². The number of amides is 2. The van der Waals surface area contributed by atoms with Crippen molar-refractivity contribution in [3.05, 3.63) is 59.9 Å². The van der Waals surface area contributed by atoms with Gasteiger partial charge in [-0.25, -0.2) is 4.39 Å². The first kappa shape index (κ1) is 22.0. The van der Waals surface area contributed by atoms with Gasteiger partial charge in [-0.2, -0.15) is 0 Å². The summed E-state index contributed by atoms with van der Waals surface area (Å²) in [5.74, 6) is -0.219. The molecule has 0 bridgehead atoms. The van der Waals surface area contributed by atoms with Gasteiger partial charge in [0.25, 0.3) is 0 Å². The first-order valence-electron chi connectivity index (χ1n) is 10.8. The van der Waals surface area contributed by atoms with Crippen LogP contribution in [-0.4, -0.2) is 35.8 Å². The summed E-state index contributed by atoms with van der Waals surface area (Å²) in [6.45, 7) is 6.83. The Morgan fingerprint density at radius 2 is 1.77 bits per heavy atom. The predicted octanol–water partition coefficient (Wildman–Crippen LogP) is 4.58. The SMILES string of the molecule is CCCC(=O)N1CC[C@@](Cc2ccccc2-c2ccccc2F)(C(=O)NC(C)C)C1. The number of halogens is 1. The van der Waals surface area contributed by atoms with Crippen LogP contribution in [0.3, 0.4) is 0 Å². The maximum absolute atomic E-state index is 14.5. The van der Waals surface area contributed by atoms with Crippen molar-refractivity contribution in [2.75, 3.05) is 13.1 Å². The highest BCUT2D eigenvalue weighted by Crippen LogP contribution is 2.38. The van der Waals surface area contributed by atoms with Crippen LogP contribution in [0.2, 0.25) is 0 Å². The molecule has 4 nitrogen and oxygen atoms in total. The summed E-state index contributed by atoms with van der Waals surface area (Å²) in [4.78, 5) is 27.6. The molecule has 2 aromatic rings. The van der Waals surface area contributed by atoms with Gasteiger partial charge in [-0.05, 0) is 50.3 Å². The molecule has 1 fully saturated rings. The molecule has 0 unspecified atom stereocenters. The molecule has 30 heavy (non-hydrogen) atoms. The number of nitrogens with one attached hydrogen (secondary N) is 1. The highest BCUT2D eigenvalue weighted by atomic mass is 19.1. The average molecular weight is 411 g/mol. The number of carbonyl (C=O) groups excluding carboxylic acids is 2. The van der Waals surface area contributed by atoms with Crippen molar-refractivity contribution in [1.82, 2.24) is 10.2 Å². The van der Waals surface area contributed by atoms with Gasteiger partial charge in [-0.15, -0.1) is 0 Å². The molecule has 2 aromatic carbocycles. The van der Waals surface area contributed by atoms with Gasteiger partial charge < -0.3 is 10.2 Å². The number of rotatable bonds is 7. The van der Waals surface area contributed by atoms with Crippen LogP contribution in [0, 0.1) is 11.2 Å². The molecule has 1 heterocycles. The molecule has 1 N–H and O–H groups in total. The fraction of sp³-hybridized carbons (Fsp3) is 0.440. The van der Waals surface area contributed by atoms with Gasteiger partial charge in [-0.1, -0.05) is 49.4 Å². The van der Waals surface area contributed by atoms with Crippen LogP contribution in [0.1, 0.15) is 45.6 Å².